The number of nitrogens with one attached hydrogen (secondary N) is 3. The molecule has 0 spiro atoms. The van der Waals surface area contributed by atoms with Gasteiger partial charge in [0, 0.05) is 13.1 Å². The van der Waals surface area contributed by atoms with Crippen LogP contribution in [0.2, 0.25) is 0 Å². The quantitative estimate of drug-likeness (QED) is 0.540. The van der Waals surface area contributed by atoms with Gasteiger partial charge in [-0.05, 0) is 25.7 Å². The lowest BCUT2D eigenvalue weighted by atomic mass is 10.1. The van der Waals surface area contributed by atoms with Crippen molar-refractivity contribution in [3.05, 3.63) is 0 Å². The highest BCUT2D eigenvalue weighted by Gasteiger charge is 2.50. The third kappa shape index (κ3) is 4.71. The molecular formula is C13H23N3O4. The molecule has 1 aliphatic rings. The fraction of sp³-hybridized carbons (Fsp3) is 0.769. The standard InChI is InChI=1S/C13H23N3O4/c1-8(2)6-14-10(17)9(3)16-12(20)15-7-13(4-5-13)11(18)19/h8-9H,4-7H2,1-3H3,(H,14,17)(H,18,19)(H2,15,16,20). The smallest absolute Gasteiger partial charge is 0.315 e. The molecular weight excluding hydrogens is 262 g/mol. The van der Waals surface area contributed by atoms with E-state index in [1.165, 1.54) is 0 Å². The SMILES string of the molecule is CC(C)CNC(=O)C(C)NC(=O)NCC1(C(=O)O)CC1. The summed E-state index contributed by atoms with van der Waals surface area (Å²) in [5, 5.41) is 16.7. The lowest BCUT2D eigenvalue weighted by Gasteiger charge is -2.17. The summed E-state index contributed by atoms with van der Waals surface area (Å²) in [5.41, 5.74) is -0.805. The van der Waals surface area contributed by atoms with Gasteiger partial charge in [0.25, 0.3) is 0 Å². The number of urea groups is 1. The number of carbonyl (C=O) groups is 3. The van der Waals surface area contributed by atoms with Gasteiger partial charge < -0.3 is 21.1 Å². The summed E-state index contributed by atoms with van der Waals surface area (Å²) < 4.78 is 0. The van der Waals surface area contributed by atoms with Crippen LogP contribution in [0.1, 0.15) is 33.6 Å². The molecule has 0 saturated heterocycles. The van der Waals surface area contributed by atoms with Crippen molar-refractivity contribution in [3.63, 3.8) is 0 Å². The molecule has 1 fully saturated rings. The normalized spacial score (nSPS) is 17.2. The van der Waals surface area contributed by atoms with Crippen molar-refractivity contribution in [2.75, 3.05) is 13.1 Å². The number of aliphatic carboxylic acids is 1. The first kappa shape index (κ1) is 16.3. The van der Waals surface area contributed by atoms with Crippen LogP contribution in [-0.4, -0.2) is 42.1 Å². The zero-order valence-corrected chi connectivity index (χ0v) is 12.2. The highest BCUT2D eigenvalue weighted by atomic mass is 16.4. The Morgan fingerprint density at radius 3 is 2.20 bits per heavy atom. The Morgan fingerprint density at radius 1 is 1.15 bits per heavy atom. The van der Waals surface area contributed by atoms with Crippen LogP contribution >= 0.6 is 0 Å². The third-order valence-electron chi connectivity index (χ3n) is 3.32. The topological polar surface area (TPSA) is 108 Å². The molecule has 1 atom stereocenters. The second kappa shape index (κ2) is 6.58. The molecule has 7 nitrogen and oxygen atoms in total. The summed E-state index contributed by atoms with van der Waals surface area (Å²) in [7, 11) is 0. The van der Waals surface area contributed by atoms with Gasteiger partial charge >= 0.3 is 12.0 Å². The molecule has 0 aromatic carbocycles. The zero-order chi connectivity index (χ0) is 15.3. The molecule has 114 valence electrons. The largest absolute Gasteiger partial charge is 0.481 e. The van der Waals surface area contributed by atoms with Crippen molar-refractivity contribution >= 4 is 17.9 Å². The van der Waals surface area contributed by atoms with E-state index >= 15 is 0 Å². The van der Waals surface area contributed by atoms with E-state index in [0.717, 1.165) is 0 Å². The summed E-state index contributed by atoms with van der Waals surface area (Å²) in [4.78, 5) is 34.2. The number of carboxylic acids is 1. The van der Waals surface area contributed by atoms with Gasteiger partial charge in [-0.2, -0.15) is 0 Å². The molecule has 0 aromatic heterocycles. The Hall–Kier alpha value is -1.79. The average molecular weight is 285 g/mol. The van der Waals surface area contributed by atoms with Crippen LogP contribution in [0, 0.1) is 11.3 Å². The molecule has 7 heteroatoms. The van der Waals surface area contributed by atoms with Crippen LogP contribution < -0.4 is 16.0 Å². The lowest BCUT2D eigenvalue weighted by Crippen LogP contribution is -2.50. The summed E-state index contributed by atoms with van der Waals surface area (Å²) in [6.07, 6.45) is 1.15. The summed E-state index contributed by atoms with van der Waals surface area (Å²) in [6.45, 7) is 6.18. The maximum atomic E-state index is 11.7. The maximum absolute atomic E-state index is 11.7. The van der Waals surface area contributed by atoms with E-state index < -0.39 is 23.5 Å². The summed E-state index contributed by atoms with van der Waals surface area (Å²) >= 11 is 0. The van der Waals surface area contributed by atoms with E-state index in [2.05, 4.69) is 16.0 Å². The van der Waals surface area contributed by atoms with Gasteiger partial charge in [0.1, 0.15) is 6.04 Å². The molecule has 0 bridgehead atoms. The van der Waals surface area contributed by atoms with E-state index in [1.807, 2.05) is 13.8 Å². The van der Waals surface area contributed by atoms with Gasteiger partial charge in [0.2, 0.25) is 5.91 Å². The van der Waals surface area contributed by atoms with Crippen molar-refractivity contribution in [2.24, 2.45) is 11.3 Å². The Labute approximate surface area is 118 Å². The van der Waals surface area contributed by atoms with E-state index in [-0.39, 0.29) is 12.5 Å². The maximum Gasteiger partial charge on any atom is 0.315 e. The van der Waals surface area contributed by atoms with Gasteiger partial charge in [-0.25, -0.2) is 4.79 Å². The van der Waals surface area contributed by atoms with Crippen molar-refractivity contribution in [2.45, 2.75) is 39.7 Å². The molecule has 3 amide bonds. The minimum Gasteiger partial charge on any atom is -0.481 e. The highest BCUT2D eigenvalue weighted by molar-refractivity contribution is 5.87. The predicted molar refractivity (Wildman–Crippen MR) is 73.1 cm³/mol. The van der Waals surface area contributed by atoms with Crippen LogP contribution in [0.25, 0.3) is 0 Å². The second-order valence-corrected chi connectivity index (χ2v) is 5.77. The minimum atomic E-state index is -0.888. The van der Waals surface area contributed by atoms with Crippen molar-refractivity contribution in [3.8, 4) is 0 Å². The van der Waals surface area contributed by atoms with Crippen LogP contribution in [0.15, 0.2) is 0 Å². The molecule has 0 radical (unpaired) electrons. The number of carboxylic acid groups (broad SMARTS) is 1. The van der Waals surface area contributed by atoms with Gasteiger partial charge in [-0.3, -0.25) is 9.59 Å². The van der Waals surface area contributed by atoms with Crippen LogP contribution in [-0.2, 0) is 9.59 Å². The minimum absolute atomic E-state index is 0.0918. The fourth-order valence-electron chi connectivity index (χ4n) is 1.64. The predicted octanol–water partition coefficient (Wildman–Crippen LogP) is 0.311. The van der Waals surface area contributed by atoms with Crippen molar-refractivity contribution < 1.29 is 19.5 Å². The van der Waals surface area contributed by atoms with Crippen molar-refractivity contribution in [1.29, 1.82) is 0 Å². The van der Waals surface area contributed by atoms with E-state index in [4.69, 9.17) is 5.11 Å². The Kier molecular flexibility index (Phi) is 5.35. The van der Waals surface area contributed by atoms with Gasteiger partial charge in [-0.15, -0.1) is 0 Å². The van der Waals surface area contributed by atoms with E-state index in [9.17, 15) is 14.4 Å². The molecule has 20 heavy (non-hydrogen) atoms. The van der Waals surface area contributed by atoms with Gasteiger partial charge in [0.15, 0.2) is 0 Å². The second-order valence-electron chi connectivity index (χ2n) is 5.77. The monoisotopic (exact) mass is 285 g/mol. The molecule has 0 aromatic rings. The first-order valence-electron chi connectivity index (χ1n) is 6.82. The molecule has 0 heterocycles. The summed E-state index contributed by atoms with van der Waals surface area (Å²) in [5.74, 6) is -0.806. The zero-order valence-electron chi connectivity index (χ0n) is 12.2. The number of amides is 3. The first-order valence-corrected chi connectivity index (χ1v) is 6.82. The van der Waals surface area contributed by atoms with E-state index in [0.29, 0.717) is 25.3 Å². The number of hydrogen-bond acceptors (Lipinski definition) is 3. The Bertz CT molecular complexity index is 391. The molecule has 4 N–H and O–H groups in total. The number of carbonyl (C=O) groups excluding carboxylic acids is 2. The molecule has 1 aliphatic carbocycles. The number of rotatable bonds is 7. The Balaban J connectivity index is 2.28. The van der Waals surface area contributed by atoms with Gasteiger partial charge in [0.05, 0.1) is 5.41 Å². The lowest BCUT2D eigenvalue weighted by molar-refractivity contribution is -0.143. The molecule has 1 unspecified atom stereocenters. The molecule has 1 rings (SSSR count). The average Bonchev–Trinajstić information content (AvgIpc) is 3.14. The molecule has 1 saturated carbocycles. The Morgan fingerprint density at radius 2 is 1.75 bits per heavy atom. The first-order chi connectivity index (χ1) is 9.27. The third-order valence-corrected chi connectivity index (χ3v) is 3.32. The summed E-state index contributed by atoms with van der Waals surface area (Å²) in [6, 6.07) is -1.18. The molecule has 0 aliphatic heterocycles. The fourth-order valence-corrected chi connectivity index (χ4v) is 1.64. The van der Waals surface area contributed by atoms with Gasteiger partial charge in [-0.1, -0.05) is 13.8 Å². The number of hydrogen-bond donors (Lipinski definition) is 4. The van der Waals surface area contributed by atoms with Crippen LogP contribution in [0.4, 0.5) is 4.79 Å². The van der Waals surface area contributed by atoms with Crippen molar-refractivity contribution in [1.82, 2.24) is 16.0 Å². The van der Waals surface area contributed by atoms with E-state index in [1.54, 1.807) is 6.92 Å². The highest BCUT2D eigenvalue weighted by Crippen LogP contribution is 2.45. The van der Waals surface area contributed by atoms with Crippen LogP contribution in [0.3, 0.4) is 0 Å². The van der Waals surface area contributed by atoms with Crippen LogP contribution in [0.5, 0.6) is 0 Å².